The number of carbonyl (C=O) groups excluding carboxylic acids is 3. The number of allylic oxidation sites excluding steroid dienone is 1. The maximum Gasteiger partial charge on any atom is 0.318 e. The van der Waals surface area contributed by atoms with Gasteiger partial charge >= 0.3 is 17.9 Å². The molecule has 2 saturated heterocycles. The third-order valence-corrected chi connectivity index (χ3v) is 5.25. The second-order valence-electron chi connectivity index (χ2n) is 7.45. The van der Waals surface area contributed by atoms with Gasteiger partial charge in [-0.05, 0) is 24.3 Å². The summed E-state index contributed by atoms with van der Waals surface area (Å²) >= 11 is 0. The molecule has 6 nitrogen and oxygen atoms in total. The number of epoxide rings is 1. The number of cyclic esters (lactones) is 2. The van der Waals surface area contributed by atoms with Gasteiger partial charge in [0.05, 0.1) is 23.9 Å². The first kappa shape index (κ1) is 13.9. The molecule has 0 aromatic heterocycles. The molecule has 0 bridgehead atoms. The lowest BCUT2D eigenvalue weighted by Crippen LogP contribution is -2.49. The topological polar surface area (TPSA) is 82.2 Å². The molecule has 0 aromatic rings. The van der Waals surface area contributed by atoms with Gasteiger partial charge in [-0.15, -0.1) is 0 Å². The molecular weight excluding hydrogens is 288 g/mol. The normalized spacial score (nSPS) is 44.2. The van der Waals surface area contributed by atoms with Crippen molar-refractivity contribution in [2.24, 2.45) is 23.2 Å². The number of hydrogen-bond donors (Lipinski definition) is 0. The third-order valence-electron chi connectivity index (χ3n) is 5.25. The zero-order valence-electron chi connectivity index (χ0n) is 12.8. The van der Waals surface area contributed by atoms with Gasteiger partial charge in [-0.2, -0.15) is 0 Å². The van der Waals surface area contributed by atoms with E-state index >= 15 is 0 Å². The number of carbonyl (C=O) groups is 3. The molecule has 0 radical (unpaired) electrons. The molecule has 0 aromatic carbocycles. The Hall–Kier alpha value is -1.69. The second kappa shape index (κ2) is 3.98. The summed E-state index contributed by atoms with van der Waals surface area (Å²) in [6.45, 7) is 5.42. The van der Waals surface area contributed by atoms with Gasteiger partial charge in [-0.1, -0.05) is 13.8 Å². The number of ether oxygens (including phenoxy) is 3. The molecule has 4 rings (SSSR count). The summed E-state index contributed by atoms with van der Waals surface area (Å²) in [6.07, 6.45) is 3.07. The summed E-state index contributed by atoms with van der Waals surface area (Å²) < 4.78 is 16.2. The lowest BCUT2D eigenvalue weighted by molar-refractivity contribution is -0.155. The highest BCUT2D eigenvalue weighted by atomic mass is 16.6. The Morgan fingerprint density at radius 1 is 1.32 bits per heavy atom. The SMILES string of the molecule is CC(=O)OC1=CC(C)(C)C[C@]23O[C@H]2C[C@H]2C(=O)OC(=O)[C@H]2[C@@H]13. The largest absolute Gasteiger partial charge is 0.431 e. The first-order valence-corrected chi connectivity index (χ1v) is 7.58. The summed E-state index contributed by atoms with van der Waals surface area (Å²) in [5.74, 6) is -2.49. The van der Waals surface area contributed by atoms with Crippen LogP contribution in [0.25, 0.3) is 0 Å². The van der Waals surface area contributed by atoms with Crippen molar-refractivity contribution in [3.8, 4) is 0 Å². The van der Waals surface area contributed by atoms with E-state index in [2.05, 4.69) is 0 Å². The molecule has 0 unspecified atom stereocenters. The maximum atomic E-state index is 12.2. The van der Waals surface area contributed by atoms with Crippen LogP contribution in [0.3, 0.4) is 0 Å². The van der Waals surface area contributed by atoms with Crippen molar-refractivity contribution in [3.05, 3.63) is 11.8 Å². The highest BCUT2D eigenvalue weighted by molar-refractivity contribution is 5.97. The van der Waals surface area contributed by atoms with E-state index in [0.717, 1.165) is 6.42 Å². The Kier molecular flexibility index (Phi) is 2.52. The fourth-order valence-corrected chi connectivity index (χ4v) is 4.63. The van der Waals surface area contributed by atoms with E-state index in [9.17, 15) is 14.4 Å². The van der Waals surface area contributed by atoms with E-state index in [4.69, 9.17) is 14.2 Å². The van der Waals surface area contributed by atoms with Crippen LogP contribution in [-0.4, -0.2) is 29.6 Å². The quantitative estimate of drug-likeness (QED) is 0.413. The molecule has 118 valence electrons. The van der Waals surface area contributed by atoms with Gasteiger partial charge in [-0.3, -0.25) is 14.4 Å². The lowest BCUT2D eigenvalue weighted by atomic mass is 9.59. The Bertz CT molecular complexity index is 633. The van der Waals surface area contributed by atoms with Crippen LogP contribution in [0.15, 0.2) is 11.8 Å². The first-order chi connectivity index (χ1) is 10.2. The number of hydrogen-bond acceptors (Lipinski definition) is 6. The molecule has 2 aliphatic carbocycles. The lowest BCUT2D eigenvalue weighted by Gasteiger charge is -2.42. The predicted octanol–water partition coefficient (Wildman–Crippen LogP) is 1.34. The van der Waals surface area contributed by atoms with Gasteiger partial charge < -0.3 is 14.2 Å². The van der Waals surface area contributed by atoms with Crippen LogP contribution in [0.4, 0.5) is 0 Å². The zero-order chi connectivity index (χ0) is 15.9. The van der Waals surface area contributed by atoms with E-state index in [1.807, 2.05) is 19.9 Å². The average molecular weight is 306 g/mol. The summed E-state index contributed by atoms with van der Waals surface area (Å²) in [6, 6.07) is 0. The molecule has 6 heteroatoms. The van der Waals surface area contributed by atoms with Crippen molar-refractivity contribution in [2.45, 2.75) is 45.3 Å². The second-order valence-corrected chi connectivity index (χ2v) is 7.45. The Morgan fingerprint density at radius 2 is 2.05 bits per heavy atom. The first-order valence-electron chi connectivity index (χ1n) is 7.58. The maximum absolute atomic E-state index is 12.2. The molecule has 4 aliphatic rings. The third kappa shape index (κ3) is 1.73. The highest BCUT2D eigenvalue weighted by Gasteiger charge is 2.75. The summed E-state index contributed by atoms with van der Waals surface area (Å²) in [7, 11) is 0. The van der Waals surface area contributed by atoms with Gasteiger partial charge in [0.25, 0.3) is 0 Å². The Labute approximate surface area is 127 Å². The highest BCUT2D eigenvalue weighted by Crippen LogP contribution is 2.65. The van der Waals surface area contributed by atoms with Crippen molar-refractivity contribution in [1.29, 1.82) is 0 Å². The molecule has 1 saturated carbocycles. The fraction of sp³-hybridized carbons (Fsp3) is 0.688. The number of rotatable bonds is 1. The Balaban J connectivity index is 1.81. The van der Waals surface area contributed by atoms with E-state index in [1.165, 1.54) is 6.92 Å². The number of esters is 3. The van der Waals surface area contributed by atoms with Crippen molar-refractivity contribution in [1.82, 2.24) is 0 Å². The monoisotopic (exact) mass is 306 g/mol. The minimum atomic E-state index is -0.604. The molecule has 22 heavy (non-hydrogen) atoms. The van der Waals surface area contributed by atoms with Gasteiger partial charge in [0.2, 0.25) is 0 Å². The molecule has 0 N–H and O–H groups in total. The standard InChI is InChI=1S/C16H18O6/c1-7(17)20-9-5-15(2,3)6-16-10(22-16)4-8-11(12(9)16)14(19)21-13(8)18/h5,8,10-12H,4,6H2,1-3H3/t8-,10+,11-,12-,16+/m1/s1. The van der Waals surface area contributed by atoms with Crippen LogP contribution in [0.5, 0.6) is 0 Å². The van der Waals surface area contributed by atoms with Crippen LogP contribution < -0.4 is 0 Å². The van der Waals surface area contributed by atoms with Gasteiger partial charge in [-0.25, -0.2) is 0 Å². The zero-order valence-corrected chi connectivity index (χ0v) is 12.8. The van der Waals surface area contributed by atoms with Crippen molar-refractivity contribution < 1.29 is 28.6 Å². The van der Waals surface area contributed by atoms with Gasteiger partial charge in [0.15, 0.2) is 0 Å². The fourth-order valence-electron chi connectivity index (χ4n) is 4.63. The van der Waals surface area contributed by atoms with E-state index in [0.29, 0.717) is 12.2 Å². The van der Waals surface area contributed by atoms with Crippen LogP contribution in [0.2, 0.25) is 0 Å². The molecular formula is C16H18O6. The molecule has 5 atom stereocenters. The molecule has 2 aliphatic heterocycles. The number of fused-ring (bicyclic) bond motifs is 2. The van der Waals surface area contributed by atoms with E-state index < -0.39 is 41.3 Å². The predicted molar refractivity (Wildman–Crippen MR) is 72.0 cm³/mol. The van der Waals surface area contributed by atoms with Crippen LogP contribution in [0, 0.1) is 23.2 Å². The van der Waals surface area contributed by atoms with Crippen molar-refractivity contribution in [3.63, 3.8) is 0 Å². The van der Waals surface area contributed by atoms with Gasteiger partial charge in [0, 0.05) is 6.92 Å². The molecule has 0 amide bonds. The van der Waals surface area contributed by atoms with Crippen LogP contribution >= 0.6 is 0 Å². The smallest absolute Gasteiger partial charge is 0.318 e. The molecule has 2 heterocycles. The average Bonchev–Trinajstić information content (AvgIpc) is 2.97. The summed E-state index contributed by atoms with van der Waals surface area (Å²) in [5.41, 5.74) is -0.705. The van der Waals surface area contributed by atoms with Gasteiger partial charge in [0.1, 0.15) is 11.4 Å². The van der Waals surface area contributed by atoms with Crippen molar-refractivity contribution in [2.75, 3.05) is 0 Å². The summed E-state index contributed by atoms with van der Waals surface area (Å²) in [5, 5.41) is 0. The molecule has 3 fully saturated rings. The molecule has 1 spiro atoms. The minimum Gasteiger partial charge on any atom is -0.431 e. The summed E-state index contributed by atoms with van der Waals surface area (Å²) in [4.78, 5) is 35.5. The Morgan fingerprint density at radius 3 is 2.73 bits per heavy atom. The van der Waals surface area contributed by atoms with Crippen LogP contribution in [0.1, 0.15) is 33.6 Å². The minimum absolute atomic E-state index is 0.0734. The van der Waals surface area contributed by atoms with Crippen LogP contribution in [-0.2, 0) is 28.6 Å². The van der Waals surface area contributed by atoms with E-state index in [-0.39, 0.29) is 11.5 Å². The van der Waals surface area contributed by atoms with Crippen molar-refractivity contribution >= 4 is 17.9 Å². The van der Waals surface area contributed by atoms with E-state index in [1.54, 1.807) is 0 Å².